The molecule has 7 heteroatoms. The van der Waals surface area contributed by atoms with Crippen molar-refractivity contribution in [3.63, 3.8) is 0 Å². The Bertz CT molecular complexity index is 728. The van der Waals surface area contributed by atoms with Crippen molar-refractivity contribution in [1.29, 1.82) is 0 Å². The van der Waals surface area contributed by atoms with Gasteiger partial charge < -0.3 is 10.2 Å². The van der Waals surface area contributed by atoms with Gasteiger partial charge in [0.25, 0.3) is 0 Å². The molecule has 2 amide bonds. The number of piperidine rings is 1. The highest BCUT2D eigenvalue weighted by Crippen LogP contribution is 2.40. The number of hydrogen-bond acceptors (Lipinski definition) is 2. The van der Waals surface area contributed by atoms with Gasteiger partial charge >= 0.3 is 6.18 Å². The van der Waals surface area contributed by atoms with Gasteiger partial charge in [-0.15, -0.1) is 6.58 Å². The number of carbonyl (C=O) groups excluding carboxylic acids is 2. The predicted molar refractivity (Wildman–Crippen MR) is 94.6 cm³/mol. The van der Waals surface area contributed by atoms with Gasteiger partial charge in [-0.1, -0.05) is 18.2 Å². The zero-order valence-corrected chi connectivity index (χ0v) is 15.0. The Hall–Kier alpha value is -2.31. The summed E-state index contributed by atoms with van der Waals surface area (Å²) in [6.07, 6.45) is -0.247. The minimum atomic E-state index is -4.43. The van der Waals surface area contributed by atoms with Crippen molar-refractivity contribution in [3.05, 3.63) is 48.0 Å². The number of nitrogens with one attached hydrogen (secondary N) is 1. The molecule has 2 fully saturated rings. The zero-order chi connectivity index (χ0) is 19.6. The van der Waals surface area contributed by atoms with Gasteiger partial charge in [-0.3, -0.25) is 9.59 Å². The molecule has 0 spiro atoms. The largest absolute Gasteiger partial charge is 0.416 e. The molecule has 0 radical (unpaired) electrons. The van der Waals surface area contributed by atoms with Crippen LogP contribution >= 0.6 is 0 Å². The van der Waals surface area contributed by atoms with Crippen molar-refractivity contribution in [2.75, 3.05) is 13.1 Å². The molecule has 0 unspecified atom stereocenters. The molecule has 1 aliphatic carbocycles. The second kappa shape index (κ2) is 7.74. The quantitative estimate of drug-likeness (QED) is 0.792. The van der Waals surface area contributed by atoms with Gasteiger partial charge in [0.15, 0.2) is 0 Å². The summed E-state index contributed by atoms with van der Waals surface area (Å²) in [5.41, 5.74) is -0.242. The highest BCUT2D eigenvalue weighted by Gasteiger charge is 2.41. The molecule has 146 valence electrons. The van der Waals surface area contributed by atoms with Crippen LogP contribution in [-0.2, 0) is 15.8 Å². The van der Waals surface area contributed by atoms with Crippen molar-refractivity contribution in [3.8, 4) is 0 Å². The lowest BCUT2D eigenvalue weighted by Gasteiger charge is -2.40. The number of nitrogens with zero attached hydrogens (tertiary/aromatic N) is 1. The first-order valence-corrected chi connectivity index (χ1v) is 9.17. The summed E-state index contributed by atoms with van der Waals surface area (Å²) in [6.45, 7) is 4.15. The van der Waals surface area contributed by atoms with Crippen molar-refractivity contribution in [1.82, 2.24) is 10.2 Å². The first-order chi connectivity index (χ1) is 12.8. The molecule has 1 N–H and O–H groups in total. The fourth-order valence-corrected chi connectivity index (χ4v) is 3.58. The molecule has 1 aliphatic heterocycles. The molecule has 0 bridgehead atoms. The van der Waals surface area contributed by atoms with Crippen LogP contribution in [0.3, 0.4) is 0 Å². The van der Waals surface area contributed by atoms with E-state index in [0.717, 1.165) is 25.0 Å². The molecule has 4 nitrogen and oxygen atoms in total. The van der Waals surface area contributed by atoms with Crippen LogP contribution in [0.5, 0.6) is 0 Å². The molecule has 3 rings (SSSR count). The van der Waals surface area contributed by atoms with Crippen molar-refractivity contribution in [2.24, 2.45) is 11.8 Å². The highest BCUT2D eigenvalue weighted by molar-refractivity contribution is 5.84. The summed E-state index contributed by atoms with van der Waals surface area (Å²) >= 11 is 0. The van der Waals surface area contributed by atoms with Gasteiger partial charge in [-0.2, -0.15) is 13.2 Å². The first-order valence-electron chi connectivity index (χ1n) is 9.17. The van der Waals surface area contributed by atoms with E-state index >= 15 is 0 Å². The average Bonchev–Trinajstić information content (AvgIpc) is 3.49. The Balaban J connectivity index is 1.83. The number of benzene rings is 1. The summed E-state index contributed by atoms with van der Waals surface area (Å²) in [5, 5.41) is 2.75. The van der Waals surface area contributed by atoms with Gasteiger partial charge in [-0.25, -0.2) is 0 Å². The maximum Gasteiger partial charge on any atom is 0.416 e. The van der Waals surface area contributed by atoms with Crippen LogP contribution in [0, 0.1) is 11.8 Å². The lowest BCUT2D eigenvalue weighted by Crippen LogP contribution is -2.47. The maximum atomic E-state index is 13.1. The van der Waals surface area contributed by atoms with Crippen LogP contribution in [0.1, 0.15) is 42.9 Å². The van der Waals surface area contributed by atoms with Crippen LogP contribution in [0.25, 0.3) is 0 Å². The van der Waals surface area contributed by atoms with Crippen LogP contribution in [0.2, 0.25) is 0 Å². The number of amides is 2. The van der Waals surface area contributed by atoms with E-state index in [2.05, 4.69) is 11.9 Å². The lowest BCUT2D eigenvalue weighted by atomic mass is 9.87. The molecule has 1 saturated carbocycles. The van der Waals surface area contributed by atoms with Crippen LogP contribution in [0.15, 0.2) is 36.9 Å². The van der Waals surface area contributed by atoms with Gasteiger partial charge in [0.05, 0.1) is 17.5 Å². The van der Waals surface area contributed by atoms with E-state index in [1.54, 1.807) is 17.0 Å². The van der Waals surface area contributed by atoms with E-state index in [4.69, 9.17) is 0 Å². The van der Waals surface area contributed by atoms with E-state index in [-0.39, 0.29) is 30.2 Å². The number of carbonyl (C=O) groups is 2. The minimum absolute atomic E-state index is 0.0568. The second-order valence-electron chi connectivity index (χ2n) is 7.21. The van der Waals surface area contributed by atoms with E-state index < -0.39 is 17.8 Å². The van der Waals surface area contributed by atoms with Crippen LogP contribution in [-0.4, -0.2) is 29.8 Å². The van der Waals surface area contributed by atoms with E-state index in [1.807, 2.05) is 0 Å². The third-order valence-corrected chi connectivity index (χ3v) is 5.18. The van der Waals surface area contributed by atoms with Crippen LogP contribution in [0.4, 0.5) is 13.2 Å². The van der Waals surface area contributed by atoms with Gasteiger partial charge in [0.1, 0.15) is 0 Å². The van der Waals surface area contributed by atoms with Crippen molar-refractivity contribution >= 4 is 11.8 Å². The normalized spacial score (nSPS) is 23.0. The summed E-state index contributed by atoms with van der Waals surface area (Å²) < 4.78 is 39.2. The monoisotopic (exact) mass is 380 g/mol. The smallest absolute Gasteiger partial charge is 0.352 e. The molecular weight excluding hydrogens is 357 g/mol. The second-order valence-corrected chi connectivity index (χ2v) is 7.21. The summed E-state index contributed by atoms with van der Waals surface area (Å²) in [6, 6.07) is 4.73. The van der Waals surface area contributed by atoms with E-state index in [1.165, 1.54) is 6.07 Å². The third-order valence-electron chi connectivity index (χ3n) is 5.18. The molecule has 1 saturated heterocycles. The SMILES string of the molecule is C=CCNC(=O)[C@@H]1CC[C@H](c2cccc(C(F)(F)F)c2)N(C(=O)C2CC2)C1. The fourth-order valence-electron chi connectivity index (χ4n) is 3.58. The minimum Gasteiger partial charge on any atom is -0.352 e. The summed E-state index contributed by atoms with van der Waals surface area (Å²) in [4.78, 5) is 26.7. The Kier molecular flexibility index (Phi) is 5.58. The molecule has 2 atom stereocenters. The standard InChI is InChI=1S/C20H23F3N2O2/c1-2-10-24-18(26)15-8-9-17(25(12-15)19(27)13-6-7-13)14-4-3-5-16(11-14)20(21,22)23/h2-5,11,13,15,17H,1,6-10,12H2,(H,24,26)/t15-,17-/m1/s1. The van der Waals surface area contributed by atoms with Gasteiger partial charge in [0.2, 0.25) is 11.8 Å². The molecular formula is C20H23F3N2O2. The molecule has 1 aromatic rings. The zero-order valence-electron chi connectivity index (χ0n) is 15.0. The Morgan fingerprint density at radius 2 is 1.89 bits per heavy atom. The van der Waals surface area contributed by atoms with E-state index in [0.29, 0.717) is 24.9 Å². The Morgan fingerprint density at radius 1 is 1.19 bits per heavy atom. The molecule has 27 heavy (non-hydrogen) atoms. The van der Waals surface area contributed by atoms with E-state index in [9.17, 15) is 22.8 Å². The number of likely N-dealkylation sites (tertiary alicyclic amines) is 1. The number of rotatable bonds is 5. The number of hydrogen-bond donors (Lipinski definition) is 1. The number of alkyl halides is 3. The maximum absolute atomic E-state index is 13.1. The Morgan fingerprint density at radius 3 is 2.52 bits per heavy atom. The molecule has 0 aromatic heterocycles. The molecule has 1 heterocycles. The predicted octanol–water partition coefficient (Wildman–Crippen LogP) is 3.70. The molecule has 1 aromatic carbocycles. The summed E-state index contributed by atoms with van der Waals surface area (Å²) in [7, 11) is 0. The van der Waals surface area contributed by atoms with Gasteiger partial charge in [0, 0.05) is 19.0 Å². The highest BCUT2D eigenvalue weighted by atomic mass is 19.4. The van der Waals surface area contributed by atoms with Crippen LogP contribution < -0.4 is 5.32 Å². The fraction of sp³-hybridized carbons (Fsp3) is 0.500. The third kappa shape index (κ3) is 4.51. The Labute approximate surface area is 156 Å². The van der Waals surface area contributed by atoms with Crippen molar-refractivity contribution in [2.45, 2.75) is 37.9 Å². The average molecular weight is 380 g/mol. The van der Waals surface area contributed by atoms with Gasteiger partial charge in [-0.05, 0) is 43.4 Å². The topological polar surface area (TPSA) is 49.4 Å². The molecule has 2 aliphatic rings. The first kappa shape index (κ1) is 19.5. The van der Waals surface area contributed by atoms with Crippen molar-refractivity contribution < 1.29 is 22.8 Å². The lowest BCUT2D eigenvalue weighted by molar-refractivity contribution is -0.140. The number of halogens is 3. The summed E-state index contributed by atoms with van der Waals surface area (Å²) in [5.74, 6) is -0.618.